The number of aryl methyl sites for hydroxylation is 6. The van der Waals surface area contributed by atoms with E-state index in [9.17, 15) is 0 Å². The van der Waals surface area contributed by atoms with Crippen LogP contribution in [0.1, 0.15) is 75.8 Å². The van der Waals surface area contributed by atoms with Gasteiger partial charge in [0, 0.05) is 0 Å². The Labute approximate surface area is 294 Å². The van der Waals surface area contributed by atoms with E-state index in [1.54, 1.807) is 0 Å². The van der Waals surface area contributed by atoms with Crippen LogP contribution in [0.5, 0.6) is 0 Å². The molecule has 2 atom stereocenters. The maximum absolute atomic E-state index is 8.68. The topological polar surface area (TPSA) is 13.1 Å². The van der Waals surface area contributed by atoms with Crippen LogP contribution < -0.4 is 0 Å². The first-order valence-corrected chi connectivity index (χ1v) is 32.3. The molecular weight excluding hydrogens is 723 g/mol. The van der Waals surface area contributed by atoms with E-state index in [1.165, 1.54) is 77.9 Å². The number of hydrogen-bond donors (Lipinski definition) is 0. The predicted molar refractivity (Wildman–Crippen MR) is 207 cm³/mol. The van der Waals surface area contributed by atoms with Crippen LogP contribution in [0.2, 0.25) is 13.1 Å². The van der Waals surface area contributed by atoms with Crippen molar-refractivity contribution in [2.75, 3.05) is 0 Å². The second-order valence-corrected chi connectivity index (χ2v) is 53.5. The summed E-state index contributed by atoms with van der Waals surface area (Å²) >= 11 is -5.04. The molecule has 48 heavy (non-hydrogen) atoms. The summed E-state index contributed by atoms with van der Waals surface area (Å²) in [6.45, 7) is 20.0. The zero-order chi connectivity index (χ0) is 34.3. The molecule has 0 saturated carbocycles. The Hall–Kier alpha value is -2.68. The fourth-order valence-electron chi connectivity index (χ4n) is 8.81. The Morgan fingerprint density at radius 3 is 1.81 bits per heavy atom. The molecule has 2 aliphatic carbocycles. The van der Waals surface area contributed by atoms with Crippen LogP contribution in [0, 0.1) is 41.5 Å². The van der Waals surface area contributed by atoms with Gasteiger partial charge < -0.3 is 0 Å². The van der Waals surface area contributed by atoms with Crippen molar-refractivity contribution in [3.63, 3.8) is 0 Å². The first-order chi connectivity index (χ1) is 22.7. The molecule has 0 bridgehead atoms. The SMILES string of the molecule is CC1=Cc2c(-c3cc(C)cc(C)c3)cccc2[CH]1[Zr]([Cl])([Cl])([CH]1C(c2ccc(C)o2)=Cc2c1ccc(C)c2-c1cc(C)cc(C)c1)=[Si](C)C. The fourth-order valence-corrected chi connectivity index (χ4v) is 37.9. The summed E-state index contributed by atoms with van der Waals surface area (Å²) in [4.78, 5) is 0. The molecule has 244 valence electrons. The molecule has 2 aliphatic rings. The Bertz CT molecular complexity index is 2270. The molecule has 1 aromatic heterocycles. The monoisotopic (exact) mass is 764 g/mol. The average molecular weight is 767 g/mol. The van der Waals surface area contributed by atoms with Gasteiger partial charge in [0.1, 0.15) is 0 Å². The molecule has 0 radical (unpaired) electrons. The minimum atomic E-state index is -5.04. The van der Waals surface area contributed by atoms with E-state index >= 15 is 0 Å². The first kappa shape index (κ1) is 33.8. The third-order valence-electron chi connectivity index (χ3n) is 10.8. The van der Waals surface area contributed by atoms with E-state index < -0.39 is 20.4 Å². The Kier molecular flexibility index (Phi) is 8.44. The van der Waals surface area contributed by atoms with Crippen molar-refractivity contribution >= 4 is 40.2 Å². The number of halogens is 2. The molecule has 5 heteroatoms. The number of benzene rings is 4. The van der Waals surface area contributed by atoms with Gasteiger partial charge in [-0.2, -0.15) is 0 Å². The minimum absolute atomic E-state index is 0.0131. The molecule has 4 aromatic carbocycles. The summed E-state index contributed by atoms with van der Waals surface area (Å²) in [7, 11) is 17.4. The molecule has 1 nitrogen and oxygen atoms in total. The van der Waals surface area contributed by atoms with Crippen LogP contribution in [0.3, 0.4) is 0 Å². The number of furan rings is 1. The predicted octanol–water partition coefficient (Wildman–Crippen LogP) is 13.5. The van der Waals surface area contributed by atoms with Gasteiger partial charge in [0.2, 0.25) is 0 Å². The van der Waals surface area contributed by atoms with Gasteiger partial charge >= 0.3 is 297 Å². The van der Waals surface area contributed by atoms with Crippen LogP contribution in [0.25, 0.3) is 40.0 Å². The van der Waals surface area contributed by atoms with E-state index in [0.717, 1.165) is 17.1 Å². The van der Waals surface area contributed by atoms with Crippen LogP contribution in [-0.4, -0.2) is 5.43 Å². The van der Waals surface area contributed by atoms with Crippen LogP contribution >= 0.6 is 17.0 Å². The molecule has 0 spiro atoms. The summed E-state index contributed by atoms with van der Waals surface area (Å²) in [5.41, 5.74) is 17.6. The molecule has 1 heterocycles. The van der Waals surface area contributed by atoms with Crippen molar-refractivity contribution in [3.8, 4) is 22.3 Å². The number of fused-ring (bicyclic) bond motifs is 2. The van der Waals surface area contributed by atoms with Gasteiger partial charge in [0.05, 0.1) is 0 Å². The summed E-state index contributed by atoms with van der Waals surface area (Å²) in [6.07, 6.45) is 4.77. The van der Waals surface area contributed by atoms with Crippen molar-refractivity contribution in [3.05, 3.63) is 146 Å². The maximum atomic E-state index is 8.68. The summed E-state index contributed by atoms with van der Waals surface area (Å²) < 4.78 is 6.34. The third kappa shape index (κ3) is 5.27. The van der Waals surface area contributed by atoms with Crippen molar-refractivity contribution in [2.24, 2.45) is 0 Å². The van der Waals surface area contributed by atoms with Crippen molar-refractivity contribution in [1.82, 2.24) is 0 Å². The molecule has 0 aliphatic heterocycles. The van der Waals surface area contributed by atoms with Gasteiger partial charge in [-0.15, -0.1) is 0 Å². The molecule has 5 aromatic rings. The van der Waals surface area contributed by atoms with Gasteiger partial charge in [0.25, 0.3) is 0 Å². The van der Waals surface area contributed by atoms with Gasteiger partial charge in [0.15, 0.2) is 0 Å². The second kappa shape index (κ2) is 12.0. The van der Waals surface area contributed by atoms with Gasteiger partial charge in [-0.1, -0.05) is 0 Å². The normalized spacial score (nSPS) is 17.2. The molecule has 7 rings (SSSR count). The van der Waals surface area contributed by atoms with Gasteiger partial charge in [-0.05, 0) is 0 Å². The summed E-state index contributed by atoms with van der Waals surface area (Å²) in [5.74, 6) is 1.77. The van der Waals surface area contributed by atoms with E-state index in [-0.39, 0.29) is 7.25 Å². The van der Waals surface area contributed by atoms with Crippen LogP contribution in [-0.2, 0) is 15.0 Å². The third-order valence-corrected chi connectivity index (χ3v) is 57.4. The summed E-state index contributed by atoms with van der Waals surface area (Å²) in [5, 5.41) is 0. The second-order valence-electron chi connectivity index (χ2n) is 14.7. The Morgan fingerprint density at radius 2 is 1.23 bits per heavy atom. The van der Waals surface area contributed by atoms with Gasteiger partial charge in [-0.3, -0.25) is 0 Å². The van der Waals surface area contributed by atoms with E-state index in [1.807, 2.05) is 6.92 Å². The zero-order valence-corrected chi connectivity index (χ0v) is 34.4. The summed E-state index contributed by atoms with van der Waals surface area (Å²) in [6, 6.07) is 29.3. The quantitative estimate of drug-likeness (QED) is 0.162. The van der Waals surface area contributed by atoms with Crippen molar-refractivity contribution < 1.29 is 19.4 Å². The van der Waals surface area contributed by atoms with E-state index in [4.69, 9.17) is 21.4 Å². The van der Waals surface area contributed by atoms with Gasteiger partial charge in [-0.25, -0.2) is 0 Å². The van der Waals surface area contributed by atoms with Crippen LogP contribution in [0.4, 0.5) is 0 Å². The molecule has 0 saturated heterocycles. The number of rotatable bonds is 5. The zero-order valence-electron chi connectivity index (χ0n) is 29.5. The molecule has 2 unspecified atom stereocenters. The molecular formula is C43H44Cl2OSiZr. The van der Waals surface area contributed by atoms with E-state index in [2.05, 4.69) is 146 Å². The number of hydrogen-bond acceptors (Lipinski definition) is 1. The first-order valence-electron chi connectivity index (χ1n) is 17.0. The van der Waals surface area contributed by atoms with Crippen LogP contribution in [0.15, 0.2) is 88.9 Å². The molecule has 0 fully saturated rings. The Morgan fingerprint density at radius 1 is 0.625 bits per heavy atom. The standard InChI is InChI=1S/C23H21O.C18H17.C2H6Si.2ClH.Zr/c1-14-9-15(2)11-20(10-14)23-16(3)5-7-18-12-19(13-21(18)23)22-8-6-17(4)24-22;1-12-7-13(2)10-16(9-12)17-6-4-5-15-8-14(3)11-18(15)17;1-3-2;;;/h5-13H,1-4H3;4-11H,1-3H3;1-2H3;2*1H;/q;;;;;+2/p-2. The Balaban J connectivity index is 1.52. The number of allylic oxidation sites excluding steroid dienone is 2. The van der Waals surface area contributed by atoms with E-state index in [0.29, 0.717) is 0 Å². The average Bonchev–Trinajstić information content (AvgIpc) is 3.70. The fraction of sp³-hybridized carbons (Fsp3) is 0.256. The molecule has 0 amide bonds. The van der Waals surface area contributed by atoms with Crippen molar-refractivity contribution in [2.45, 2.75) is 68.8 Å². The van der Waals surface area contributed by atoms with Crippen molar-refractivity contribution in [1.29, 1.82) is 0 Å². The molecule has 0 N–H and O–H groups in total.